The van der Waals surface area contributed by atoms with E-state index in [1.54, 1.807) is 0 Å². The monoisotopic (exact) mass is 298 g/mol. The molecule has 1 unspecified atom stereocenters. The van der Waals surface area contributed by atoms with Crippen molar-refractivity contribution in [3.05, 3.63) is 106 Å². The highest BCUT2D eigenvalue weighted by Crippen LogP contribution is 2.40. The molecule has 0 saturated heterocycles. The van der Waals surface area contributed by atoms with E-state index >= 15 is 0 Å². The first-order chi connectivity index (χ1) is 11.3. The Bertz CT molecular complexity index is 806. The Morgan fingerprint density at radius 1 is 1.04 bits per heavy atom. The lowest BCUT2D eigenvalue weighted by Crippen LogP contribution is -2.12. The first kappa shape index (κ1) is 14.3. The van der Waals surface area contributed by atoms with E-state index in [2.05, 4.69) is 79.8 Å². The second-order valence-electron chi connectivity index (χ2n) is 6.60. The van der Waals surface area contributed by atoms with Gasteiger partial charge in [0.05, 0.1) is 0 Å². The Labute approximate surface area is 138 Å². The van der Waals surface area contributed by atoms with Crippen LogP contribution >= 0.6 is 0 Å². The van der Waals surface area contributed by atoms with E-state index in [9.17, 15) is 0 Å². The van der Waals surface area contributed by atoms with E-state index in [-0.39, 0.29) is 0 Å². The quantitative estimate of drug-likeness (QED) is 0.662. The van der Waals surface area contributed by atoms with E-state index in [1.807, 2.05) is 0 Å². The van der Waals surface area contributed by atoms with Gasteiger partial charge in [0.25, 0.3) is 0 Å². The first-order valence-corrected chi connectivity index (χ1v) is 8.53. The largest absolute Gasteiger partial charge is 0.0836 e. The second-order valence-corrected chi connectivity index (χ2v) is 6.60. The van der Waals surface area contributed by atoms with E-state index < -0.39 is 0 Å². The van der Waals surface area contributed by atoms with E-state index in [4.69, 9.17) is 0 Å². The van der Waals surface area contributed by atoms with E-state index in [0.717, 1.165) is 6.42 Å². The lowest BCUT2D eigenvalue weighted by molar-refractivity contribution is 0.889. The first-order valence-electron chi connectivity index (χ1n) is 8.53. The van der Waals surface area contributed by atoms with Gasteiger partial charge in [-0.3, -0.25) is 0 Å². The van der Waals surface area contributed by atoms with Gasteiger partial charge in [-0.25, -0.2) is 0 Å². The molecule has 0 amide bonds. The van der Waals surface area contributed by atoms with Gasteiger partial charge in [0.15, 0.2) is 0 Å². The smallest absolute Gasteiger partial charge is 0.0281 e. The van der Waals surface area contributed by atoms with Gasteiger partial charge in [0.2, 0.25) is 0 Å². The Kier molecular flexibility index (Phi) is 3.75. The lowest BCUT2D eigenvalue weighted by Gasteiger charge is -2.26. The van der Waals surface area contributed by atoms with Gasteiger partial charge in [-0.15, -0.1) is 0 Å². The maximum atomic E-state index is 2.38. The van der Waals surface area contributed by atoms with Crippen LogP contribution in [-0.2, 0) is 6.42 Å². The molecular formula is C23H22. The SMILES string of the molecule is Cc1cccc(CC2=CC=C(C3=CCCC=C3)C3C=CC=C23)c1. The minimum Gasteiger partial charge on any atom is -0.0836 e. The molecule has 0 heteroatoms. The minimum atomic E-state index is 0.439. The van der Waals surface area contributed by atoms with Crippen molar-refractivity contribution in [2.24, 2.45) is 5.92 Å². The molecule has 0 spiro atoms. The zero-order valence-corrected chi connectivity index (χ0v) is 13.6. The van der Waals surface area contributed by atoms with Gasteiger partial charge in [-0.2, -0.15) is 0 Å². The number of allylic oxidation sites excluding steroid dienone is 12. The third-order valence-corrected chi connectivity index (χ3v) is 4.89. The molecule has 1 aromatic rings. The van der Waals surface area contributed by atoms with Crippen molar-refractivity contribution in [1.82, 2.24) is 0 Å². The maximum absolute atomic E-state index is 2.38. The van der Waals surface area contributed by atoms with Crippen molar-refractivity contribution in [1.29, 1.82) is 0 Å². The summed E-state index contributed by atoms with van der Waals surface area (Å²) in [6, 6.07) is 8.85. The van der Waals surface area contributed by atoms with Crippen LogP contribution in [0.5, 0.6) is 0 Å². The minimum absolute atomic E-state index is 0.439. The van der Waals surface area contributed by atoms with E-state index in [0.29, 0.717) is 5.92 Å². The molecule has 114 valence electrons. The summed E-state index contributed by atoms with van der Waals surface area (Å²) >= 11 is 0. The van der Waals surface area contributed by atoms with Crippen molar-refractivity contribution in [2.75, 3.05) is 0 Å². The van der Waals surface area contributed by atoms with Crippen LogP contribution in [0.1, 0.15) is 24.0 Å². The fourth-order valence-electron chi connectivity index (χ4n) is 3.75. The van der Waals surface area contributed by atoms with Crippen LogP contribution in [0.2, 0.25) is 0 Å². The third kappa shape index (κ3) is 2.82. The predicted molar refractivity (Wildman–Crippen MR) is 98.2 cm³/mol. The number of rotatable bonds is 3. The third-order valence-electron chi connectivity index (χ3n) is 4.89. The van der Waals surface area contributed by atoms with Gasteiger partial charge >= 0.3 is 0 Å². The van der Waals surface area contributed by atoms with Gasteiger partial charge in [0, 0.05) is 5.92 Å². The molecule has 0 saturated carbocycles. The van der Waals surface area contributed by atoms with Crippen molar-refractivity contribution >= 4 is 0 Å². The summed E-state index contributed by atoms with van der Waals surface area (Å²) in [5.74, 6) is 0.439. The molecule has 0 radical (unpaired) electrons. The predicted octanol–water partition coefficient (Wildman–Crippen LogP) is 5.79. The fraction of sp³-hybridized carbons (Fsp3) is 0.217. The van der Waals surface area contributed by atoms with Crippen molar-refractivity contribution in [2.45, 2.75) is 26.2 Å². The molecule has 0 heterocycles. The molecule has 3 aliphatic carbocycles. The molecule has 0 fully saturated rings. The molecule has 0 aliphatic heterocycles. The number of benzene rings is 1. The molecule has 3 aliphatic rings. The van der Waals surface area contributed by atoms with E-state index in [1.165, 1.54) is 46.3 Å². The van der Waals surface area contributed by atoms with Crippen LogP contribution in [0.25, 0.3) is 0 Å². The van der Waals surface area contributed by atoms with Crippen LogP contribution in [-0.4, -0.2) is 0 Å². The zero-order valence-electron chi connectivity index (χ0n) is 13.6. The van der Waals surface area contributed by atoms with Crippen LogP contribution < -0.4 is 0 Å². The summed E-state index contributed by atoms with van der Waals surface area (Å²) in [5, 5.41) is 0. The Morgan fingerprint density at radius 3 is 2.83 bits per heavy atom. The lowest BCUT2D eigenvalue weighted by atomic mass is 9.78. The second kappa shape index (κ2) is 6.04. The molecule has 1 atom stereocenters. The maximum Gasteiger partial charge on any atom is 0.0281 e. The molecule has 1 aromatic carbocycles. The Hall–Kier alpha value is -2.34. The highest BCUT2D eigenvalue weighted by atomic mass is 14.3. The fourth-order valence-corrected chi connectivity index (χ4v) is 3.75. The molecule has 23 heavy (non-hydrogen) atoms. The van der Waals surface area contributed by atoms with Crippen LogP contribution in [0.3, 0.4) is 0 Å². The Balaban J connectivity index is 1.66. The Morgan fingerprint density at radius 2 is 2.00 bits per heavy atom. The number of hydrogen-bond donors (Lipinski definition) is 0. The summed E-state index contributed by atoms with van der Waals surface area (Å²) < 4.78 is 0. The number of aryl methyl sites for hydroxylation is 1. The zero-order chi connectivity index (χ0) is 15.6. The number of hydrogen-bond acceptors (Lipinski definition) is 0. The molecular weight excluding hydrogens is 276 g/mol. The molecule has 4 rings (SSSR count). The highest BCUT2D eigenvalue weighted by Gasteiger charge is 2.26. The average Bonchev–Trinajstić information content (AvgIpc) is 3.06. The normalized spacial score (nSPS) is 22.2. The molecule has 0 N–H and O–H groups in total. The molecule has 0 nitrogen and oxygen atoms in total. The summed E-state index contributed by atoms with van der Waals surface area (Å²) in [6.07, 6.45) is 21.9. The molecule has 0 aromatic heterocycles. The van der Waals surface area contributed by atoms with Crippen molar-refractivity contribution in [3.63, 3.8) is 0 Å². The van der Waals surface area contributed by atoms with Gasteiger partial charge < -0.3 is 0 Å². The van der Waals surface area contributed by atoms with Crippen molar-refractivity contribution in [3.8, 4) is 0 Å². The average molecular weight is 298 g/mol. The van der Waals surface area contributed by atoms with Crippen LogP contribution in [0.4, 0.5) is 0 Å². The summed E-state index contributed by atoms with van der Waals surface area (Å²) in [7, 11) is 0. The topological polar surface area (TPSA) is 0 Å². The van der Waals surface area contributed by atoms with Crippen LogP contribution in [0.15, 0.2) is 95.2 Å². The van der Waals surface area contributed by atoms with Gasteiger partial charge in [-0.05, 0) is 54.0 Å². The van der Waals surface area contributed by atoms with Crippen molar-refractivity contribution < 1.29 is 0 Å². The number of fused-ring (bicyclic) bond motifs is 1. The standard InChI is InChI=1S/C23H22/c1-17-7-5-8-18(15-17)16-20-13-14-22(19-9-3-2-4-10-19)23-12-6-11-21(20)23/h3,5-15,23H,2,4,16H2,1H3. The summed E-state index contributed by atoms with van der Waals surface area (Å²) in [6.45, 7) is 2.16. The summed E-state index contributed by atoms with van der Waals surface area (Å²) in [4.78, 5) is 0. The highest BCUT2D eigenvalue weighted by molar-refractivity contribution is 5.60. The van der Waals surface area contributed by atoms with Gasteiger partial charge in [0.1, 0.15) is 0 Å². The summed E-state index contributed by atoms with van der Waals surface area (Å²) in [5.41, 5.74) is 8.52. The van der Waals surface area contributed by atoms with Crippen LogP contribution in [0, 0.1) is 12.8 Å². The van der Waals surface area contributed by atoms with Gasteiger partial charge in [-0.1, -0.05) is 78.4 Å². The molecule has 0 bridgehead atoms.